The monoisotopic (exact) mass is 359 g/mol. The van der Waals surface area contributed by atoms with E-state index in [1.165, 1.54) is 37.5 Å². The Morgan fingerprint density at radius 2 is 2.20 bits per heavy atom. The Morgan fingerprint density at radius 1 is 1.40 bits per heavy atom. The molecule has 0 aromatic carbocycles. The summed E-state index contributed by atoms with van der Waals surface area (Å²) >= 11 is 5.30. The summed E-state index contributed by atoms with van der Waals surface area (Å²) in [4.78, 5) is 6.61. The van der Waals surface area contributed by atoms with Gasteiger partial charge in [-0.2, -0.15) is 0 Å². The molecule has 2 aliphatic rings. The lowest BCUT2D eigenvalue weighted by Gasteiger charge is -2.32. The summed E-state index contributed by atoms with van der Waals surface area (Å²) in [5.74, 6) is 0. The maximum Gasteiger partial charge on any atom is 0.188 e. The number of nitrogens with one attached hydrogen (secondary N) is 1. The van der Waals surface area contributed by atoms with Crippen LogP contribution in [0.15, 0.2) is 10.5 Å². The molecule has 2 saturated heterocycles. The van der Waals surface area contributed by atoms with Gasteiger partial charge in [0.25, 0.3) is 0 Å². The number of halogens is 1. The van der Waals surface area contributed by atoms with Crippen LogP contribution in [-0.2, 0) is 6.54 Å². The highest BCUT2D eigenvalue weighted by Gasteiger charge is 2.28. The lowest BCUT2D eigenvalue weighted by Crippen LogP contribution is -2.49. The molecule has 0 bridgehead atoms. The minimum Gasteiger partial charge on any atom is -0.486 e. The summed E-state index contributed by atoms with van der Waals surface area (Å²) in [6.07, 6.45) is 1.31. The molecule has 0 radical (unpaired) electrons. The molecule has 2 fully saturated rings. The van der Waals surface area contributed by atoms with Gasteiger partial charge < -0.3 is 10.1 Å². The minimum atomic E-state index is 0.752. The van der Waals surface area contributed by atoms with E-state index in [-0.39, 0.29) is 0 Å². The van der Waals surface area contributed by atoms with Gasteiger partial charge in [-0.3, -0.25) is 9.80 Å². The Labute approximate surface area is 133 Å². The fourth-order valence-electron chi connectivity index (χ4n) is 3.14. The third-order valence-electron chi connectivity index (χ3n) is 4.19. The van der Waals surface area contributed by atoms with Crippen molar-refractivity contribution in [2.45, 2.75) is 19.0 Å². The van der Waals surface area contributed by atoms with Crippen molar-refractivity contribution in [1.82, 2.24) is 15.1 Å². The SMILES string of the molecule is COc1sc(CN2CCC(N3CCNCC3)C2)cc1Br. The fraction of sp³-hybridized carbons (Fsp3) is 0.714. The van der Waals surface area contributed by atoms with E-state index in [9.17, 15) is 0 Å². The normalized spacial score (nSPS) is 25.2. The first-order valence-electron chi connectivity index (χ1n) is 7.25. The molecule has 0 amide bonds. The molecule has 1 N–H and O–H groups in total. The van der Waals surface area contributed by atoms with Gasteiger partial charge in [-0.1, -0.05) is 0 Å². The molecule has 4 nitrogen and oxygen atoms in total. The van der Waals surface area contributed by atoms with E-state index in [0.717, 1.165) is 35.2 Å². The van der Waals surface area contributed by atoms with Gasteiger partial charge in [0.1, 0.15) is 0 Å². The second-order valence-corrected chi connectivity index (χ2v) is 7.47. The molecule has 0 saturated carbocycles. The molecule has 1 atom stereocenters. The van der Waals surface area contributed by atoms with Crippen LogP contribution in [0, 0.1) is 0 Å². The second-order valence-electron chi connectivity index (χ2n) is 5.52. The first-order valence-corrected chi connectivity index (χ1v) is 8.86. The zero-order chi connectivity index (χ0) is 13.9. The number of hydrogen-bond acceptors (Lipinski definition) is 5. The minimum absolute atomic E-state index is 0.752. The quantitative estimate of drug-likeness (QED) is 0.889. The van der Waals surface area contributed by atoms with Crippen LogP contribution in [0.25, 0.3) is 0 Å². The van der Waals surface area contributed by atoms with Crippen LogP contribution < -0.4 is 10.1 Å². The lowest BCUT2D eigenvalue weighted by molar-refractivity contribution is 0.170. The predicted molar refractivity (Wildman–Crippen MR) is 86.7 cm³/mol. The molecule has 3 heterocycles. The van der Waals surface area contributed by atoms with Gasteiger partial charge in [-0.15, -0.1) is 11.3 Å². The van der Waals surface area contributed by atoms with Gasteiger partial charge in [0.05, 0.1) is 11.6 Å². The van der Waals surface area contributed by atoms with Crippen LogP contribution in [0.3, 0.4) is 0 Å². The van der Waals surface area contributed by atoms with Crippen LogP contribution in [-0.4, -0.2) is 62.2 Å². The summed E-state index contributed by atoms with van der Waals surface area (Å²) in [5.41, 5.74) is 0. The van der Waals surface area contributed by atoms with E-state index in [1.54, 1.807) is 18.4 Å². The number of hydrogen-bond donors (Lipinski definition) is 1. The Kier molecular flexibility index (Phi) is 4.99. The van der Waals surface area contributed by atoms with Gasteiger partial charge in [0.15, 0.2) is 5.06 Å². The molecule has 1 unspecified atom stereocenters. The van der Waals surface area contributed by atoms with Gasteiger partial charge in [0, 0.05) is 56.7 Å². The maximum atomic E-state index is 5.34. The number of rotatable bonds is 4. The molecule has 20 heavy (non-hydrogen) atoms. The van der Waals surface area contributed by atoms with Crippen molar-refractivity contribution in [3.05, 3.63) is 15.4 Å². The number of nitrogens with zero attached hydrogens (tertiary/aromatic N) is 2. The molecule has 0 aliphatic carbocycles. The standard InChI is InChI=1S/C14H22BrN3OS/c1-19-14-13(15)8-12(20-14)10-17-5-2-11(9-17)18-6-3-16-4-7-18/h8,11,16H,2-7,9-10H2,1H3. The summed E-state index contributed by atoms with van der Waals surface area (Å²) in [6.45, 7) is 8.17. The summed E-state index contributed by atoms with van der Waals surface area (Å²) < 4.78 is 6.43. The first-order chi connectivity index (χ1) is 9.76. The van der Waals surface area contributed by atoms with E-state index in [4.69, 9.17) is 4.74 Å². The van der Waals surface area contributed by atoms with Crippen LogP contribution in [0.1, 0.15) is 11.3 Å². The number of ether oxygens (including phenoxy) is 1. The first kappa shape index (κ1) is 14.8. The number of piperazine rings is 1. The Balaban J connectivity index is 1.54. The molecular weight excluding hydrogens is 338 g/mol. The highest BCUT2D eigenvalue weighted by molar-refractivity contribution is 9.10. The third-order valence-corrected chi connectivity index (χ3v) is 6.12. The topological polar surface area (TPSA) is 27.7 Å². The Bertz CT molecular complexity index is 448. The highest BCUT2D eigenvalue weighted by Crippen LogP contribution is 2.35. The van der Waals surface area contributed by atoms with Crippen molar-refractivity contribution >= 4 is 27.3 Å². The second kappa shape index (κ2) is 6.75. The summed E-state index contributed by atoms with van der Waals surface area (Å²) in [5, 5.41) is 4.42. The highest BCUT2D eigenvalue weighted by atomic mass is 79.9. The number of likely N-dealkylation sites (tertiary alicyclic amines) is 1. The summed E-state index contributed by atoms with van der Waals surface area (Å²) in [6, 6.07) is 2.95. The van der Waals surface area contributed by atoms with Crippen molar-refractivity contribution in [3.8, 4) is 5.06 Å². The molecule has 0 spiro atoms. The third kappa shape index (κ3) is 3.36. The molecule has 112 valence electrons. The van der Waals surface area contributed by atoms with E-state index in [0.29, 0.717) is 0 Å². The van der Waals surface area contributed by atoms with E-state index < -0.39 is 0 Å². The molecule has 6 heteroatoms. The Morgan fingerprint density at radius 3 is 2.90 bits per heavy atom. The summed E-state index contributed by atoms with van der Waals surface area (Å²) in [7, 11) is 1.73. The molecule has 3 rings (SSSR count). The maximum absolute atomic E-state index is 5.34. The van der Waals surface area contributed by atoms with Crippen molar-refractivity contribution in [3.63, 3.8) is 0 Å². The smallest absolute Gasteiger partial charge is 0.188 e. The zero-order valence-corrected chi connectivity index (χ0v) is 14.3. The van der Waals surface area contributed by atoms with Crippen molar-refractivity contribution < 1.29 is 4.74 Å². The van der Waals surface area contributed by atoms with Gasteiger partial charge in [-0.25, -0.2) is 0 Å². The van der Waals surface area contributed by atoms with Crippen LogP contribution in [0.4, 0.5) is 0 Å². The van der Waals surface area contributed by atoms with Crippen molar-refractivity contribution in [1.29, 1.82) is 0 Å². The van der Waals surface area contributed by atoms with Crippen LogP contribution in [0.2, 0.25) is 0 Å². The van der Waals surface area contributed by atoms with Gasteiger partial charge in [-0.05, 0) is 28.4 Å². The van der Waals surface area contributed by atoms with Gasteiger partial charge in [0.2, 0.25) is 0 Å². The zero-order valence-electron chi connectivity index (χ0n) is 11.9. The van der Waals surface area contributed by atoms with Crippen LogP contribution >= 0.6 is 27.3 Å². The van der Waals surface area contributed by atoms with Crippen molar-refractivity contribution in [2.24, 2.45) is 0 Å². The van der Waals surface area contributed by atoms with E-state index >= 15 is 0 Å². The average Bonchev–Trinajstić information content (AvgIpc) is 3.07. The molecule has 1 aromatic heterocycles. The molecular formula is C14H22BrN3OS. The van der Waals surface area contributed by atoms with Crippen molar-refractivity contribution in [2.75, 3.05) is 46.4 Å². The van der Waals surface area contributed by atoms with Crippen LogP contribution in [0.5, 0.6) is 5.06 Å². The number of methoxy groups -OCH3 is 1. The van der Waals surface area contributed by atoms with E-state index in [1.807, 2.05) is 0 Å². The molecule has 1 aromatic rings. The molecule has 2 aliphatic heterocycles. The largest absolute Gasteiger partial charge is 0.486 e. The fourth-order valence-corrected chi connectivity index (χ4v) is 4.87. The number of thiophene rings is 1. The predicted octanol–water partition coefficient (Wildman–Crippen LogP) is 2.00. The lowest BCUT2D eigenvalue weighted by atomic mass is 10.2. The Hall–Kier alpha value is -0.140. The average molecular weight is 360 g/mol. The van der Waals surface area contributed by atoms with E-state index in [2.05, 4.69) is 37.1 Å². The van der Waals surface area contributed by atoms with Gasteiger partial charge >= 0.3 is 0 Å².